The number of hydrogen-bond donors (Lipinski definition) is 3. The third-order valence-corrected chi connectivity index (χ3v) is 4.30. The summed E-state index contributed by atoms with van der Waals surface area (Å²) in [6, 6.07) is 9.45. The second kappa shape index (κ2) is 10.5. The molecule has 8 nitrogen and oxygen atoms in total. The molecule has 8 heteroatoms. The molecule has 0 saturated carbocycles. The van der Waals surface area contributed by atoms with Crippen LogP contribution in [0.4, 0.5) is 11.4 Å². The highest BCUT2D eigenvalue weighted by molar-refractivity contribution is 6.05. The van der Waals surface area contributed by atoms with Crippen molar-refractivity contribution in [2.45, 2.75) is 19.8 Å². The largest absolute Gasteiger partial charge is 0.321 e. The molecule has 2 aromatic heterocycles. The van der Waals surface area contributed by atoms with Crippen LogP contribution < -0.4 is 10.7 Å². The van der Waals surface area contributed by atoms with E-state index in [0.717, 1.165) is 16.8 Å². The number of aromatic amines is 1. The van der Waals surface area contributed by atoms with Gasteiger partial charge in [0.25, 0.3) is 5.91 Å². The van der Waals surface area contributed by atoms with E-state index in [0.29, 0.717) is 29.9 Å². The number of nitrogens with zero attached hydrogens (tertiary/aromatic N) is 4. The maximum atomic E-state index is 12.6. The summed E-state index contributed by atoms with van der Waals surface area (Å²) in [5, 5.41) is 13.4. The van der Waals surface area contributed by atoms with E-state index < -0.39 is 0 Å². The summed E-state index contributed by atoms with van der Waals surface area (Å²) in [5.41, 5.74) is 6.96. The molecule has 0 bridgehead atoms. The molecule has 3 rings (SSSR count). The lowest BCUT2D eigenvalue weighted by molar-refractivity contribution is -0.112. The minimum Gasteiger partial charge on any atom is -0.321 e. The first kappa shape index (κ1) is 20.7. The first-order valence-electron chi connectivity index (χ1n) is 9.46. The fourth-order valence-corrected chi connectivity index (χ4v) is 2.93. The average Bonchev–Trinajstić information content (AvgIpc) is 3.30. The van der Waals surface area contributed by atoms with Crippen LogP contribution in [0.1, 0.15) is 18.9 Å². The lowest BCUT2D eigenvalue weighted by atomic mass is 10.0. The molecule has 2 heterocycles. The van der Waals surface area contributed by atoms with Crippen molar-refractivity contribution in [2.24, 2.45) is 5.10 Å². The number of carbonyl (C=O) groups excluding carboxylic acids is 1. The van der Waals surface area contributed by atoms with Crippen LogP contribution >= 0.6 is 0 Å². The molecule has 30 heavy (non-hydrogen) atoms. The molecular formula is C22H23N7O. The molecule has 152 valence electrons. The van der Waals surface area contributed by atoms with Gasteiger partial charge in [0.1, 0.15) is 6.33 Å². The first-order valence-corrected chi connectivity index (χ1v) is 9.46. The highest BCUT2D eigenvalue weighted by atomic mass is 16.1. The summed E-state index contributed by atoms with van der Waals surface area (Å²) >= 11 is 0. The van der Waals surface area contributed by atoms with Crippen molar-refractivity contribution in [3.05, 3.63) is 78.4 Å². The number of nitrogens with one attached hydrogen (secondary N) is 3. The van der Waals surface area contributed by atoms with Gasteiger partial charge < -0.3 is 5.32 Å². The lowest BCUT2D eigenvalue weighted by Gasteiger charge is -2.10. The number of rotatable bonds is 9. The Balaban J connectivity index is 1.75. The van der Waals surface area contributed by atoms with Gasteiger partial charge in [-0.2, -0.15) is 10.2 Å². The van der Waals surface area contributed by atoms with E-state index in [9.17, 15) is 4.79 Å². The van der Waals surface area contributed by atoms with Gasteiger partial charge >= 0.3 is 0 Å². The molecule has 0 unspecified atom stereocenters. The molecule has 1 amide bonds. The first-order chi connectivity index (χ1) is 14.7. The second-order valence-corrected chi connectivity index (χ2v) is 6.37. The van der Waals surface area contributed by atoms with Crippen LogP contribution in [0.2, 0.25) is 0 Å². The maximum Gasteiger partial charge on any atom is 0.255 e. The topological polar surface area (TPSA) is 108 Å². The quantitative estimate of drug-likeness (QED) is 0.218. The minimum absolute atomic E-state index is 0.178. The van der Waals surface area contributed by atoms with Crippen molar-refractivity contribution >= 4 is 24.0 Å². The zero-order valence-corrected chi connectivity index (χ0v) is 16.7. The van der Waals surface area contributed by atoms with Crippen LogP contribution in [0.5, 0.6) is 0 Å². The molecule has 0 saturated heterocycles. The Bertz CT molecular complexity index is 1040. The van der Waals surface area contributed by atoms with Crippen LogP contribution in [0.25, 0.3) is 11.4 Å². The summed E-state index contributed by atoms with van der Waals surface area (Å²) in [7, 11) is 0. The molecular weight excluding hydrogens is 378 g/mol. The molecule has 1 aromatic carbocycles. The number of hydrazone groups is 1. The molecule has 0 atom stereocenters. The SMILES string of the molecule is C=NNc1ccc(-c2ncn[nH]2)cc1CC/C=C(\C=C/C)C(=O)Nc1cccnc1. The van der Waals surface area contributed by atoms with E-state index in [-0.39, 0.29) is 5.91 Å². The summed E-state index contributed by atoms with van der Waals surface area (Å²) < 4.78 is 0. The maximum absolute atomic E-state index is 12.6. The van der Waals surface area contributed by atoms with Gasteiger partial charge in [-0.3, -0.25) is 20.3 Å². The second-order valence-electron chi connectivity index (χ2n) is 6.37. The Kier molecular flexibility index (Phi) is 7.21. The zero-order chi connectivity index (χ0) is 21.2. The predicted molar refractivity (Wildman–Crippen MR) is 119 cm³/mol. The number of carbonyl (C=O) groups is 1. The van der Waals surface area contributed by atoms with Crippen LogP contribution in [-0.4, -0.2) is 32.8 Å². The molecule has 0 aliphatic carbocycles. The summed E-state index contributed by atoms with van der Waals surface area (Å²) in [5.74, 6) is 0.512. The number of hydrogen-bond acceptors (Lipinski definition) is 6. The number of allylic oxidation sites excluding steroid dienone is 2. The lowest BCUT2D eigenvalue weighted by Crippen LogP contribution is -2.13. The number of aryl methyl sites for hydroxylation is 1. The standard InChI is InChI=1S/C22H23N7O/c1-3-6-16(22(30)27-19-9-5-12-24-14-19)7-4-8-17-13-18(21-25-15-26-29-21)10-11-20(17)28-23-2/h3,5-7,9-15,28H,2,4,8H2,1H3,(H,27,30)(H,25,26,29)/b6-3-,16-7+. The van der Waals surface area contributed by atoms with Crippen molar-refractivity contribution in [3.63, 3.8) is 0 Å². The minimum atomic E-state index is -0.178. The van der Waals surface area contributed by atoms with Gasteiger partial charge in [-0.1, -0.05) is 18.2 Å². The van der Waals surface area contributed by atoms with Crippen molar-refractivity contribution in [1.29, 1.82) is 0 Å². The molecule has 0 aliphatic rings. The van der Waals surface area contributed by atoms with E-state index in [1.54, 1.807) is 30.6 Å². The van der Waals surface area contributed by atoms with E-state index in [1.165, 1.54) is 6.33 Å². The Morgan fingerprint density at radius 3 is 2.93 bits per heavy atom. The van der Waals surface area contributed by atoms with Crippen molar-refractivity contribution < 1.29 is 4.79 Å². The fourth-order valence-electron chi connectivity index (χ4n) is 2.93. The molecule has 3 N–H and O–H groups in total. The smallest absolute Gasteiger partial charge is 0.255 e. The van der Waals surface area contributed by atoms with Crippen LogP contribution in [0, 0.1) is 0 Å². The number of H-pyrrole nitrogens is 1. The molecule has 0 aliphatic heterocycles. The number of benzene rings is 1. The zero-order valence-electron chi connectivity index (χ0n) is 16.7. The van der Waals surface area contributed by atoms with Gasteiger partial charge in [0, 0.05) is 24.1 Å². The van der Waals surface area contributed by atoms with Crippen LogP contribution in [0.15, 0.2) is 78.0 Å². The van der Waals surface area contributed by atoms with E-state index in [2.05, 4.69) is 42.7 Å². The highest BCUT2D eigenvalue weighted by Crippen LogP contribution is 2.24. The summed E-state index contributed by atoms with van der Waals surface area (Å²) in [6.07, 6.45) is 11.6. The van der Waals surface area contributed by atoms with E-state index in [4.69, 9.17) is 0 Å². The van der Waals surface area contributed by atoms with Gasteiger partial charge in [0.2, 0.25) is 0 Å². The summed E-state index contributed by atoms with van der Waals surface area (Å²) in [4.78, 5) is 20.8. The van der Waals surface area contributed by atoms with Crippen molar-refractivity contribution in [1.82, 2.24) is 20.2 Å². The van der Waals surface area contributed by atoms with Gasteiger partial charge in [-0.25, -0.2) is 4.98 Å². The number of pyridine rings is 1. The predicted octanol–water partition coefficient (Wildman–Crippen LogP) is 3.97. The normalized spacial score (nSPS) is 11.4. The monoisotopic (exact) mass is 401 g/mol. The molecule has 0 radical (unpaired) electrons. The fraction of sp³-hybridized carbons (Fsp3) is 0.136. The Morgan fingerprint density at radius 2 is 2.23 bits per heavy atom. The van der Waals surface area contributed by atoms with Crippen molar-refractivity contribution in [2.75, 3.05) is 10.7 Å². The van der Waals surface area contributed by atoms with Gasteiger partial charge in [0.15, 0.2) is 5.82 Å². The third kappa shape index (κ3) is 5.48. The Hall–Kier alpha value is -4.07. The Labute approximate surface area is 174 Å². The number of amides is 1. The molecule has 0 fully saturated rings. The third-order valence-electron chi connectivity index (χ3n) is 4.30. The Morgan fingerprint density at radius 1 is 1.33 bits per heavy atom. The van der Waals surface area contributed by atoms with E-state index in [1.807, 2.05) is 37.3 Å². The number of aromatic nitrogens is 4. The van der Waals surface area contributed by atoms with Crippen LogP contribution in [0.3, 0.4) is 0 Å². The van der Waals surface area contributed by atoms with Gasteiger partial charge in [-0.05, 0) is 55.7 Å². The van der Waals surface area contributed by atoms with E-state index >= 15 is 0 Å². The average molecular weight is 401 g/mol. The van der Waals surface area contributed by atoms with Gasteiger partial charge in [-0.15, -0.1) is 0 Å². The molecule has 3 aromatic rings. The van der Waals surface area contributed by atoms with Crippen LogP contribution in [-0.2, 0) is 11.2 Å². The van der Waals surface area contributed by atoms with Crippen molar-refractivity contribution in [3.8, 4) is 11.4 Å². The highest BCUT2D eigenvalue weighted by Gasteiger charge is 2.09. The molecule has 0 spiro atoms. The van der Waals surface area contributed by atoms with Gasteiger partial charge in [0.05, 0.1) is 17.6 Å². The number of anilines is 2. The summed E-state index contributed by atoms with van der Waals surface area (Å²) in [6.45, 7) is 5.38.